The van der Waals surface area contributed by atoms with Crippen LogP contribution in [0.4, 0.5) is 0 Å². The fourth-order valence-corrected chi connectivity index (χ4v) is 1.80. The normalized spacial score (nSPS) is 20.5. The first-order valence-electron chi connectivity index (χ1n) is 5.92. The Labute approximate surface area is 92.8 Å². The summed E-state index contributed by atoms with van der Waals surface area (Å²) in [6.45, 7) is 9.19. The van der Waals surface area contributed by atoms with Gasteiger partial charge < -0.3 is 11.1 Å². The predicted octanol–water partition coefficient (Wildman–Crippen LogP) is 1.52. The lowest BCUT2D eigenvalue weighted by molar-refractivity contribution is -0.123. The first-order valence-corrected chi connectivity index (χ1v) is 5.92. The molecule has 0 radical (unpaired) electrons. The summed E-state index contributed by atoms with van der Waals surface area (Å²) in [5, 5.41) is 2.98. The van der Waals surface area contributed by atoms with Crippen LogP contribution in [-0.2, 0) is 4.79 Å². The van der Waals surface area contributed by atoms with Gasteiger partial charge >= 0.3 is 0 Å². The Kier molecular flexibility index (Phi) is 3.77. The molecule has 15 heavy (non-hydrogen) atoms. The van der Waals surface area contributed by atoms with E-state index in [4.69, 9.17) is 5.73 Å². The van der Waals surface area contributed by atoms with E-state index in [0.717, 1.165) is 6.54 Å². The number of rotatable bonds is 5. The molecule has 1 atom stereocenters. The molecule has 0 heterocycles. The van der Waals surface area contributed by atoms with Crippen molar-refractivity contribution in [1.82, 2.24) is 5.32 Å². The molecule has 1 aliphatic rings. The highest BCUT2D eigenvalue weighted by atomic mass is 16.2. The second kappa shape index (κ2) is 4.52. The van der Waals surface area contributed by atoms with E-state index >= 15 is 0 Å². The van der Waals surface area contributed by atoms with Crippen molar-refractivity contribution in [3.63, 3.8) is 0 Å². The number of carbonyl (C=O) groups is 1. The van der Waals surface area contributed by atoms with Gasteiger partial charge in [-0.05, 0) is 30.1 Å². The Morgan fingerprint density at radius 1 is 1.33 bits per heavy atom. The number of hydrogen-bond donors (Lipinski definition) is 2. The molecule has 88 valence electrons. The molecule has 1 amide bonds. The average molecular weight is 212 g/mol. The van der Waals surface area contributed by atoms with E-state index in [1.54, 1.807) is 0 Å². The van der Waals surface area contributed by atoms with Crippen LogP contribution in [-0.4, -0.2) is 18.5 Å². The van der Waals surface area contributed by atoms with Crippen molar-refractivity contribution in [2.24, 2.45) is 23.0 Å². The fourth-order valence-electron chi connectivity index (χ4n) is 1.80. The van der Waals surface area contributed by atoms with Crippen LogP contribution in [0.3, 0.4) is 0 Å². The number of hydrogen-bond acceptors (Lipinski definition) is 2. The minimum Gasteiger partial charge on any atom is -0.354 e. The molecule has 1 aliphatic carbocycles. The summed E-state index contributed by atoms with van der Waals surface area (Å²) in [5.41, 5.74) is 6.14. The third kappa shape index (κ3) is 2.94. The molecule has 0 aromatic rings. The van der Waals surface area contributed by atoms with Crippen molar-refractivity contribution in [1.29, 1.82) is 0 Å². The van der Waals surface area contributed by atoms with Crippen LogP contribution in [0.5, 0.6) is 0 Å². The van der Waals surface area contributed by atoms with Gasteiger partial charge in [-0.25, -0.2) is 0 Å². The van der Waals surface area contributed by atoms with Gasteiger partial charge in [-0.3, -0.25) is 4.79 Å². The van der Waals surface area contributed by atoms with E-state index in [-0.39, 0.29) is 17.9 Å². The standard InChI is InChI=1S/C12H24N2O/c1-8(2)10(13)11(15)14-7-12(5-6-12)9(3)4/h8-10H,5-7,13H2,1-4H3,(H,14,15). The molecule has 3 heteroatoms. The Hall–Kier alpha value is -0.570. The van der Waals surface area contributed by atoms with Gasteiger partial charge in [0.05, 0.1) is 6.04 Å². The van der Waals surface area contributed by atoms with Crippen LogP contribution >= 0.6 is 0 Å². The van der Waals surface area contributed by atoms with Crippen LogP contribution in [0.25, 0.3) is 0 Å². The van der Waals surface area contributed by atoms with E-state index in [1.165, 1.54) is 12.8 Å². The van der Waals surface area contributed by atoms with Gasteiger partial charge in [-0.1, -0.05) is 27.7 Å². The predicted molar refractivity (Wildman–Crippen MR) is 62.3 cm³/mol. The average Bonchev–Trinajstić information content (AvgIpc) is 2.93. The topological polar surface area (TPSA) is 55.1 Å². The molecular weight excluding hydrogens is 188 g/mol. The molecule has 3 nitrogen and oxygen atoms in total. The fraction of sp³-hybridized carbons (Fsp3) is 0.917. The molecule has 3 N–H and O–H groups in total. The lowest BCUT2D eigenvalue weighted by atomic mass is 9.92. The molecule has 0 aliphatic heterocycles. The number of nitrogens with two attached hydrogens (primary N) is 1. The van der Waals surface area contributed by atoms with Crippen LogP contribution < -0.4 is 11.1 Å². The van der Waals surface area contributed by atoms with E-state index in [0.29, 0.717) is 11.3 Å². The second-order valence-electron chi connectivity index (χ2n) is 5.50. The maximum atomic E-state index is 11.6. The van der Waals surface area contributed by atoms with Crippen molar-refractivity contribution in [3.05, 3.63) is 0 Å². The largest absolute Gasteiger partial charge is 0.354 e. The van der Waals surface area contributed by atoms with Gasteiger partial charge in [0.15, 0.2) is 0 Å². The molecule has 1 fully saturated rings. The van der Waals surface area contributed by atoms with Gasteiger partial charge in [0, 0.05) is 6.54 Å². The van der Waals surface area contributed by atoms with Gasteiger partial charge in [0.1, 0.15) is 0 Å². The highest BCUT2D eigenvalue weighted by molar-refractivity contribution is 5.81. The van der Waals surface area contributed by atoms with Crippen molar-refractivity contribution in [2.45, 2.75) is 46.6 Å². The summed E-state index contributed by atoms with van der Waals surface area (Å²) >= 11 is 0. The van der Waals surface area contributed by atoms with Crippen molar-refractivity contribution in [3.8, 4) is 0 Å². The maximum absolute atomic E-state index is 11.6. The quantitative estimate of drug-likeness (QED) is 0.726. The van der Waals surface area contributed by atoms with Crippen LogP contribution in [0.1, 0.15) is 40.5 Å². The zero-order valence-electron chi connectivity index (χ0n) is 10.3. The van der Waals surface area contributed by atoms with E-state index in [1.807, 2.05) is 13.8 Å². The maximum Gasteiger partial charge on any atom is 0.237 e. The highest BCUT2D eigenvalue weighted by Crippen LogP contribution is 2.51. The first kappa shape index (κ1) is 12.5. The minimum atomic E-state index is -0.368. The Bertz CT molecular complexity index is 232. The minimum absolute atomic E-state index is 0.00285. The van der Waals surface area contributed by atoms with Crippen LogP contribution in [0.2, 0.25) is 0 Å². The number of amides is 1. The van der Waals surface area contributed by atoms with Gasteiger partial charge in [-0.2, -0.15) is 0 Å². The molecule has 1 rings (SSSR count). The van der Waals surface area contributed by atoms with E-state index in [9.17, 15) is 4.79 Å². The molecule has 0 spiro atoms. The number of nitrogens with one attached hydrogen (secondary N) is 1. The summed E-state index contributed by atoms with van der Waals surface area (Å²) in [6, 6.07) is -0.368. The van der Waals surface area contributed by atoms with Crippen molar-refractivity contribution < 1.29 is 4.79 Å². The molecule has 0 bridgehead atoms. The first-order chi connectivity index (χ1) is 6.89. The molecule has 1 saturated carbocycles. The molecule has 0 aromatic carbocycles. The smallest absolute Gasteiger partial charge is 0.237 e. The van der Waals surface area contributed by atoms with Crippen LogP contribution in [0.15, 0.2) is 0 Å². The van der Waals surface area contributed by atoms with E-state index in [2.05, 4.69) is 19.2 Å². The Morgan fingerprint density at radius 2 is 1.87 bits per heavy atom. The Balaban J connectivity index is 2.35. The third-order valence-electron chi connectivity index (χ3n) is 3.75. The third-order valence-corrected chi connectivity index (χ3v) is 3.75. The lowest BCUT2D eigenvalue weighted by Gasteiger charge is -2.22. The molecule has 0 aromatic heterocycles. The van der Waals surface area contributed by atoms with Crippen molar-refractivity contribution in [2.75, 3.05) is 6.54 Å². The lowest BCUT2D eigenvalue weighted by Crippen LogP contribution is -2.46. The summed E-state index contributed by atoms with van der Waals surface area (Å²) in [4.78, 5) is 11.6. The number of carbonyl (C=O) groups excluding carboxylic acids is 1. The van der Waals surface area contributed by atoms with E-state index < -0.39 is 0 Å². The molecular formula is C12H24N2O. The van der Waals surface area contributed by atoms with Gasteiger partial charge in [0.25, 0.3) is 0 Å². The SMILES string of the molecule is CC(C)C(N)C(=O)NCC1(C(C)C)CC1. The molecule has 0 saturated heterocycles. The zero-order chi connectivity index (χ0) is 11.6. The second-order valence-corrected chi connectivity index (χ2v) is 5.50. The summed E-state index contributed by atoms with van der Waals surface area (Å²) in [5.74, 6) is 0.851. The zero-order valence-corrected chi connectivity index (χ0v) is 10.3. The summed E-state index contributed by atoms with van der Waals surface area (Å²) in [6.07, 6.45) is 2.48. The highest BCUT2D eigenvalue weighted by Gasteiger charge is 2.45. The monoisotopic (exact) mass is 212 g/mol. The van der Waals surface area contributed by atoms with Crippen LogP contribution in [0, 0.1) is 17.3 Å². The Morgan fingerprint density at radius 3 is 2.20 bits per heavy atom. The van der Waals surface area contributed by atoms with Gasteiger partial charge in [-0.15, -0.1) is 0 Å². The summed E-state index contributed by atoms with van der Waals surface area (Å²) in [7, 11) is 0. The molecule has 1 unspecified atom stereocenters. The summed E-state index contributed by atoms with van der Waals surface area (Å²) < 4.78 is 0. The van der Waals surface area contributed by atoms with Gasteiger partial charge in [0.2, 0.25) is 5.91 Å². The van der Waals surface area contributed by atoms with Crippen molar-refractivity contribution >= 4 is 5.91 Å².